The Hall–Kier alpha value is -1.10. The molecule has 1 aliphatic heterocycles. The Balaban J connectivity index is 1.68. The van der Waals surface area contributed by atoms with Gasteiger partial charge in [-0.3, -0.25) is 4.79 Å². The van der Waals surface area contributed by atoms with Crippen LogP contribution in [0, 0.1) is 0 Å². The first-order chi connectivity index (χ1) is 10.6. The van der Waals surface area contributed by atoms with Crippen LogP contribution in [0.15, 0.2) is 18.2 Å². The maximum atomic E-state index is 11.0. The van der Waals surface area contributed by atoms with E-state index in [9.17, 15) is 4.79 Å². The molecule has 1 aromatic carbocycles. The third-order valence-corrected chi connectivity index (χ3v) is 4.13. The highest BCUT2D eigenvalue weighted by Gasteiger charge is 2.24. The van der Waals surface area contributed by atoms with Crippen molar-refractivity contribution in [2.24, 2.45) is 0 Å². The number of morpholine rings is 1. The Morgan fingerprint density at radius 2 is 2.05 bits per heavy atom. The number of hydrogen-bond acceptors (Lipinski definition) is 3. The molecule has 0 aromatic heterocycles. The van der Waals surface area contributed by atoms with E-state index in [-0.39, 0.29) is 0 Å². The van der Waals surface area contributed by atoms with Crippen molar-refractivity contribution in [3.63, 3.8) is 0 Å². The average Bonchev–Trinajstić information content (AvgIpc) is 2.47. The van der Waals surface area contributed by atoms with Crippen molar-refractivity contribution in [2.75, 3.05) is 26.2 Å². The third-order valence-electron chi connectivity index (χ3n) is 3.90. The smallest absolute Gasteiger partial charge is 0.153 e. The highest BCUT2D eigenvalue weighted by Crippen LogP contribution is 2.21. The Morgan fingerprint density at radius 3 is 2.73 bits per heavy atom. The van der Waals surface area contributed by atoms with E-state index in [1.807, 2.05) is 0 Å². The van der Waals surface area contributed by atoms with Crippen LogP contribution in [0.25, 0.3) is 0 Å². The number of halogens is 1. The molecule has 1 unspecified atom stereocenters. The molecular weight excluding hydrogens is 302 g/mol. The number of ether oxygens (including phenoxy) is 2. The summed E-state index contributed by atoms with van der Waals surface area (Å²) >= 11 is 5.86. The fraction of sp³-hybridized carbons (Fsp3) is 0.588. The summed E-state index contributed by atoms with van der Waals surface area (Å²) < 4.78 is 11.4. The Morgan fingerprint density at radius 1 is 1.32 bits per heavy atom. The van der Waals surface area contributed by atoms with Crippen molar-refractivity contribution in [3.8, 4) is 5.75 Å². The zero-order chi connectivity index (χ0) is 15.9. The Bertz CT molecular complexity index is 485. The molecule has 2 rings (SSSR count). The standard InChI is InChI=1S/C17H24ClNO3/c1-13-10-19(11-14(2)22-13)7-3-4-8-21-17-6-5-16(18)9-15(17)12-20/h5-6,9,12-14H,3-4,7-8,10-11H2,1-2H3/p+1/t13-,14+. The monoisotopic (exact) mass is 326 g/mol. The van der Waals surface area contributed by atoms with Crippen molar-refractivity contribution in [1.29, 1.82) is 0 Å². The van der Waals surface area contributed by atoms with Crippen LogP contribution in [0.3, 0.4) is 0 Å². The molecule has 1 aliphatic rings. The fourth-order valence-corrected chi connectivity index (χ4v) is 3.18. The van der Waals surface area contributed by atoms with E-state index in [1.54, 1.807) is 23.1 Å². The van der Waals surface area contributed by atoms with E-state index >= 15 is 0 Å². The molecule has 5 heteroatoms. The molecule has 4 nitrogen and oxygen atoms in total. The molecule has 22 heavy (non-hydrogen) atoms. The first-order valence-corrected chi connectivity index (χ1v) is 8.33. The molecule has 1 heterocycles. The highest BCUT2D eigenvalue weighted by molar-refractivity contribution is 6.30. The molecule has 0 saturated carbocycles. The van der Waals surface area contributed by atoms with Crippen LogP contribution >= 0.6 is 11.6 Å². The van der Waals surface area contributed by atoms with Crippen LogP contribution in [0.1, 0.15) is 37.0 Å². The number of hydrogen-bond donors (Lipinski definition) is 1. The molecule has 3 atom stereocenters. The minimum Gasteiger partial charge on any atom is -0.493 e. The summed E-state index contributed by atoms with van der Waals surface area (Å²) in [6.45, 7) is 8.20. The SMILES string of the molecule is C[C@@H]1C[NH+](CCCCOc2ccc(Cl)cc2C=O)C[C@H](C)O1. The van der Waals surface area contributed by atoms with Crippen LogP contribution in [0.2, 0.25) is 5.02 Å². The molecule has 0 amide bonds. The lowest BCUT2D eigenvalue weighted by molar-refractivity contribution is -0.915. The largest absolute Gasteiger partial charge is 0.493 e. The van der Waals surface area contributed by atoms with E-state index in [1.165, 1.54) is 0 Å². The van der Waals surface area contributed by atoms with Crippen molar-refractivity contribution >= 4 is 17.9 Å². The number of benzene rings is 1. The van der Waals surface area contributed by atoms with Gasteiger partial charge in [-0.05, 0) is 44.9 Å². The molecule has 0 bridgehead atoms. The van der Waals surface area contributed by atoms with Gasteiger partial charge >= 0.3 is 0 Å². The summed E-state index contributed by atoms with van der Waals surface area (Å²) in [5, 5.41) is 0.550. The maximum absolute atomic E-state index is 11.0. The van der Waals surface area contributed by atoms with Crippen LogP contribution in [-0.4, -0.2) is 44.7 Å². The lowest BCUT2D eigenvalue weighted by atomic mass is 10.2. The third kappa shape index (κ3) is 5.27. The molecule has 1 aromatic rings. The van der Waals surface area contributed by atoms with Crippen molar-refractivity contribution < 1.29 is 19.2 Å². The van der Waals surface area contributed by atoms with Crippen LogP contribution in [0.5, 0.6) is 5.75 Å². The average molecular weight is 327 g/mol. The number of nitrogens with one attached hydrogen (secondary N) is 1. The molecular formula is C17H25ClNO3+. The number of unbranched alkanes of at least 4 members (excludes halogenated alkanes) is 1. The molecule has 1 fully saturated rings. The van der Waals surface area contributed by atoms with Crippen molar-refractivity contribution in [2.45, 2.75) is 38.9 Å². The molecule has 1 saturated heterocycles. The van der Waals surface area contributed by atoms with Gasteiger partial charge in [-0.25, -0.2) is 0 Å². The van der Waals surface area contributed by atoms with Crippen LogP contribution in [0.4, 0.5) is 0 Å². The predicted molar refractivity (Wildman–Crippen MR) is 87.1 cm³/mol. The maximum Gasteiger partial charge on any atom is 0.153 e. The minimum absolute atomic E-state index is 0.346. The molecule has 0 radical (unpaired) electrons. The second kappa shape index (κ2) is 8.51. The summed E-state index contributed by atoms with van der Waals surface area (Å²) in [4.78, 5) is 12.6. The number of carbonyl (C=O) groups excluding carboxylic acids is 1. The summed E-state index contributed by atoms with van der Waals surface area (Å²) in [7, 11) is 0. The normalized spacial score (nSPS) is 25.0. The Kier molecular flexibility index (Phi) is 6.68. The van der Waals surface area contributed by atoms with Gasteiger partial charge in [0.15, 0.2) is 6.29 Å². The second-order valence-electron chi connectivity index (χ2n) is 6.02. The van der Waals surface area contributed by atoms with Crippen molar-refractivity contribution in [1.82, 2.24) is 0 Å². The highest BCUT2D eigenvalue weighted by atomic mass is 35.5. The first kappa shape index (κ1) is 17.3. The summed E-state index contributed by atoms with van der Waals surface area (Å²) in [5.41, 5.74) is 0.508. The van der Waals surface area contributed by atoms with Gasteiger partial charge in [-0.2, -0.15) is 0 Å². The lowest BCUT2D eigenvalue weighted by Gasteiger charge is -2.32. The van der Waals surface area contributed by atoms with Gasteiger partial charge in [0.2, 0.25) is 0 Å². The molecule has 1 N–H and O–H groups in total. The van der Waals surface area contributed by atoms with E-state index in [0.29, 0.717) is 35.2 Å². The van der Waals surface area contributed by atoms with E-state index in [2.05, 4.69) is 13.8 Å². The van der Waals surface area contributed by atoms with Crippen LogP contribution in [-0.2, 0) is 4.74 Å². The Labute approximate surface area is 137 Å². The molecule has 0 aliphatic carbocycles. The molecule has 122 valence electrons. The molecule has 0 spiro atoms. The van der Waals surface area contributed by atoms with Crippen molar-refractivity contribution in [3.05, 3.63) is 28.8 Å². The predicted octanol–water partition coefficient (Wildman–Crippen LogP) is 2.00. The van der Waals surface area contributed by atoms with E-state index < -0.39 is 0 Å². The van der Waals surface area contributed by atoms with Gasteiger partial charge in [-0.1, -0.05) is 11.6 Å². The number of quaternary nitrogens is 1. The van der Waals surface area contributed by atoms with Gasteiger partial charge in [0.25, 0.3) is 0 Å². The topological polar surface area (TPSA) is 40.0 Å². The van der Waals surface area contributed by atoms with Gasteiger partial charge in [0.1, 0.15) is 31.0 Å². The van der Waals surface area contributed by atoms with Gasteiger partial charge in [-0.15, -0.1) is 0 Å². The zero-order valence-electron chi connectivity index (χ0n) is 13.3. The second-order valence-corrected chi connectivity index (χ2v) is 6.46. The van der Waals surface area contributed by atoms with Gasteiger partial charge in [0.05, 0.1) is 18.7 Å². The van der Waals surface area contributed by atoms with Gasteiger partial charge < -0.3 is 14.4 Å². The summed E-state index contributed by atoms with van der Waals surface area (Å²) in [5.74, 6) is 0.611. The minimum atomic E-state index is 0.346. The quantitative estimate of drug-likeness (QED) is 0.615. The first-order valence-electron chi connectivity index (χ1n) is 7.95. The zero-order valence-corrected chi connectivity index (χ0v) is 14.1. The number of carbonyl (C=O) groups is 1. The van der Waals surface area contributed by atoms with E-state index in [0.717, 1.165) is 38.8 Å². The van der Waals surface area contributed by atoms with Gasteiger partial charge in [0, 0.05) is 5.02 Å². The summed E-state index contributed by atoms with van der Waals surface area (Å²) in [6, 6.07) is 5.12. The van der Waals surface area contributed by atoms with Crippen LogP contribution < -0.4 is 9.64 Å². The number of rotatable bonds is 7. The fourth-order valence-electron chi connectivity index (χ4n) is 3.00. The summed E-state index contributed by atoms with van der Waals surface area (Å²) in [6.07, 6.45) is 3.56. The number of aldehydes is 1. The lowest BCUT2D eigenvalue weighted by Crippen LogP contribution is -3.15. The van der Waals surface area contributed by atoms with E-state index in [4.69, 9.17) is 21.1 Å².